The molecule has 2 spiro atoms. The lowest BCUT2D eigenvalue weighted by Crippen LogP contribution is -2.49. The highest BCUT2D eigenvalue weighted by Crippen LogP contribution is 2.70. The standard InChI is InChI=1S/C32H35N3O5S/c1-30(2)25-14-15-31(30)21-41(39,40)35(26(31)17-25)27(36)24-13-16-32(18-24)28(37)33(19-22-9-5-3-6-10-22)29(38)34(32)20-23-11-7-4-8-12-23/h3-13,25-26H,14-21H2,1-2H3/t25-,26-,31-,32?/m1/s1. The van der Waals surface area contributed by atoms with E-state index in [-0.39, 0.29) is 49.0 Å². The van der Waals surface area contributed by atoms with E-state index >= 15 is 0 Å². The van der Waals surface area contributed by atoms with E-state index in [9.17, 15) is 22.8 Å². The van der Waals surface area contributed by atoms with Gasteiger partial charge in [-0.15, -0.1) is 0 Å². The molecule has 0 radical (unpaired) electrons. The van der Waals surface area contributed by atoms with Crippen LogP contribution in [0.1, 0.15) is 57.1 Å². The maximum atomic E-state index is 14.1. The molecule has 2 aromatic rings. The summed E-state index contributed by atoms with van der Waals surface area (Å²) in [6, 6.07) is 18.1. The molecule has 7 rings (SSSR count). The third-order valence-corrected chi connectivity index (χ3v) is 12.9. The normalized spacial score (nSPS) is 32.7. The molecule has 4 atom stereocenters. The Labute approximate surface area is 241 Å². The molecule has 2 saturated carbocycles. The Hall–Kier alpha value is -3.46. The van der Waals surface area contributed by atoms with E-state index in [0.717, 1.165) is 24.0 Å². The summed E-state index contributed by atoms with van der Waals surface area (Å²) in [7, 11) is -3.80. The van der Waals surface area contributed by atoms with Gasteiger partial charge < -0.3 is 4.90 Å². The zero-order chi connectivity index (χ0) is 28.8. The number of benzene rings is 2. The minimum Gasteiger partial charge on any atom is -0.305 e. The molecule has 8 nitrogen and oxygen atoms in total. The van der Waals surface area contributed by atoms with Crippen LogP contribution in [0.15, 0.2) is 72.3 Å². The van der Waals surface area contributed by atoms with E-state index in [1.165, 1.54) is 9.21 Å². The minimum atomic E-state index is -3.80. The van der Waals surface area contributed by atoms with Crippen molar-refractivity contribution in [2.24, 2.45) is 16.7 Å². The highest BCUT2D eigenvalue weighted by molar-refractivity contribution is 7.90. The first-order valence-corrected chi connectivity index (χ1v) is 16.1. The van der Waals surface area contributed by atoms with Crippen LogP contribution in [0.5, 0.6) is 0 Å². The van der Waals surface area contributed by atoms with Gasteiger partial charge in [0.2, 0.25) is 10.0 Å². The van der Waals surface area contributed by atoms with Crippen molar-refractivity contribution in [3.63, 3.8) is 0 Å². The first-order valence-electron chi connectivity index (χ1n) is 14.5. The average Bonchev–Trinajstić information content (AvgIpc) is 3.67. The number of urea groups is 1. The van der Waals surface area contributed by atoms with E-state index in [2.05, 4.69) is 13.8 Å². The largest absolute Gasteiger partial charge is 0.328 e. The molecular weight excluding hydrogens is 538 g/mol. The second-order valence-electron chi connectivity index (χ2n) is 13.1. The molecule has 2 bridgehead atoms. The summed E-state index contributed by atoms with van der Waals surface area (Å²) >= 11 is 0. The fourth-order valence-electron chi connectivity index (χ4n) is 8.65. The minimum absolute atomic E-state index is 0.000726. The molecule has 2 heterocycles. The highest BCUT2D eigenvalue weighted by Gasteiger charge is 2.72. The SMILES string of the molecule is CC1(C)[C@@H]2CC[C@]13CS(=O)(=O)N(C(=O)C1=CCC4(C1)C(=O)N(Cc1ccccc1)C(=O)N4Cc1ccccc1)[C@@H]3C2. The predicted octanol–water partition coefficient (Wildman–Crippen LogP) is 4.48. The Morgan fingerprint density at radius 3 is 2.22 bits per heavy atom. The summed E-state index contributed by atoms with van der Waals surface area (Å²) in [6.07, 6.45) is 4.39. The van der Waals surface area contributed by atoms with Gasteiger partial charge in [0.05, 0.1) is 18.3 Å². The summed E-state index contributed by atoms with van der Waals surface area (Å²) in [5, 5.41) is 0. The average molecular weight is 574 g/mol. The number of nitrogens with zero attached hydrogens (tertiary/aromatic N) is 3. The summed E-state index contributed by atoms with van der Waals surface area (Å²) in [4.78, 5) is 44.9. The van der Waals surface area contributed by atoms with Gasteiger partial charge in [-0.1, -0.05) is 80.6 Å². The fourth-order valence-corrected chi connectivity index (χ4v) is 11.2. The summed E-state index contributed by atoms with van der Waals surface area (Å²) in [5.41, 5.74) is 0.189. The predicted molar refractivity (Wildman–Crippen MR) is 152 cm³/mol. The van der Waals surface area contributed by atoms with Crippen LogP contribution >= 0.6 is 0 Å². The Kier molecular flexibility index (Phi) is 5.66. The van der Waals surface area contributed by atoms with Crippen LogP contribution in [0.25, 0.3) is 0 Å². The molecule has 2 aliphatic heterocycles. The van der Waals surface area contributed by atoms with Crippen LogP contribution in [-0.4, -0.2) is 57.7 Å². The van der Waals surface area contributed by atoms with Gasteiger partial charge in [0.25, 0.3) is 11.8 Å². The van der Waals surface area contributed by atoms with Crippen molar-refractivity contribution in [1.29, 1.82) is 0 Å². The number of amides is 4. The lowest BCUT2D eigenvalue weighted by Gasteiger charge is -2.37. The first-order chi connectivity index (χ1) is 19.5. The molecule has 41 heavy (non-hydrogen) atoms. The zero-order valence-corrected chi connectivity index (χ0v) is 24.3. The molecule has 2 saturated heterocycles. The van der Waals surface area contributed by atoms with Crippen LogP contribution in [0.2, 0.25) is 0 Å². The number of hydrogen-bond donors (Lipinski definition) is 0. The van der Waals surface area contributed by atoms with Crippen molar-refractivity contribution >= 4 is 27.9 Å². The number of imide groups is 1. The van der Waals surface area contributed by atoms with Gasteiger partial charge in [-0.2, -0.15) is 0 Å². The van der Waals surface area contributed by atoms with Gasteiger partial charge in [0, 0.05) is 24.0 Å². The molecule has 3 aliphatic carbocycles. The molecule has 4 fully saturated rings. The monoisotopic (exact) mass is 573 g/mol. The Morgan fingerprint density at radius 2 is 1.59 bits per heavy atom. The number of hydrogen-bond acceptors (Lipinski definition) is 5. The maximum absolute atomic E-state index is 14.1. The molecule has 0 aromatic heterocycles. The molecule has 2 aromatic carbocycles. The number of carbonyl (C=O) groups excluding carboxylic acids is 3. The first kappa shape index (κ1) is 26.4. The Morgan fingerprint density at radius 1 is 0.951 bits per heavy atom. The molecule has 9 heteroatoms. The van der Waals surface area contributed by atoms with E-state index in [0.29, 0.717) is 17.9 Å². The number of fused-ring (bicyclic) bond motifs is 1. The molecular formula is C32H35N3O5S. The number of carbonyl (C=O) groups is 3. The molecule has 1 unspecified atom stereocenters. The third-order valence-electron chi connectivity index (χ3n) is 11.0. The lowest BCUT2D eigenvalue weighted by molar-refractivity contribution is -0.133. The molecule has 214 valence electrons. The van der Waals surface area contributed by atoms with Crippen molar-refractivity contribution in [2.45, 2.75) is 70.6 Å². The highest BCUT2D eigenvalue weighted by atomic mass is 32.2. The van der Waals surface area contributed by atoms with Crippen molar-refractivity contribution in [3.8, 4) is 0 Å². The lowest BCUT2D eigenvalue weighted by atomic mass is 9.69. The second-order valence-corrected chi connectivity index (χ2v) is 14.9. The van der Waals surface area contributed by atoms with Crippen LogP contribution in [0.3, 0.4) is 0 Å². The molecule has 4 amide bonds. The number of rotatable bonds is 5. The van der Waals surface area contributed by atoms with Crippen LogP contribution in [-0.2, 0) is 32.7 Å². The maximum Gasteiger partial charge on any atom is 0.328 e. The van der Waals surface area contributed by atoms with Crippen molar-refractivity contribution < 1.29 is 22.8 Å². The van der Waals surface area contributed by atoms with Gasteiger partial charge >= 0.3 is 6.03 Å². The van der Waals surface area contributed by atoms with Crippen LogP contribution in [0, 0.1) is 16.7 Å². The van der Waals surface area contributed by atoms with E-state index in [4.69, 9.17) is 0 Å². The zero-order valence-electron chi connectivity index (χ0n) is 23.5. The Bertz CT molecular complexity index is 1590. The number of sulfonamides is 1. The van der Waals surface area contributed by atoms with Gasteiger partial charge in [-0.05, 0) is 48.1 Å². The van der Waals surface area contributed by atoms with E-state index in [1.54, 1.807) is 11.0 Å². The fraction of sp³-hybridized carbons (Fsp3) is 0.469. The Balaban J connectivity index is 1.21. The summed E-state index contributed by atoms with van der Waals surface area (Å²) in [5.74, 6) is -0.471. The van der Waals surface area contributed by atoms with Gasteiger partial charge in [-0.25, -0.2) is 17.5 Å². The van der Waals surface area contributed by atoms with Crippen molar-refractivity contribution in [2.75, 3.05) is 5.75 Å². The molecule has 5 aliphatic rings. The van der Waals surface area contributed by atoms with Crippen LogP contribution < -0.4 is 0 Å². The topological polar surface area (TPSA) is 95.1 Å². The third kappa shape index (κ3) is 3.57. The van der Waals surface area contributed by atoms with Gasteiger partial charge in [0.1, 0.15) is 5.54 Å². The van der Waals surface area contributed by atoms with Crippen LogP contribution in [0.4, 0.5) is 4.79 Å². The van der Waals surface area contributed by atoms with E-state index in [1.807, 2.05) is 60.7 Å². The summed E-state index contributed by atoms with van der Waals surface area (Å²) in [6.45, 7) is 4.67. The quantitative estimate of drug-likeness (QED) is 0.492. The molecule has 0 N–H and O–H groups in total. The smallest absolute Gasteiger partial charge is 0.305 e. The van der Waals surface area contributed by atoms with E-state index < -0.39 is 32.9 Å². The van der Waals surface area contributed by atoms with Gasteiger partial charge in [0.15, 0.2) is 0 Å². The second kappa shape index (κ2) is 8.77. The van der Waals surface area contributed by atoms with Crippen molar-refractivity contribution in [1.82, 2.24) is 14.1 Å². The van der Waals surface area contributed by atoms with Crippen molar-refractivity contribution in [3.05, 3.63) is 83.4 Å². The summed E-state index contributed by atoms with van der Waals surface area (Å²) < 4.78 is 28.3. The van der Waals surface area contributed by atoms with Gasteiger partial charge in [-0.3, -0.25) is 14.5 Å².